The molecule has 0 aliphatic carbocycles. The van der Waals surface area contributed by atoms with Crippen molar-refractivity contribution in [1.29, 1.82) is 0 Å². The van der Waals surface area contributed by atoms with Gasteiger partial charge in [-0.2, -0.15) is 0 Å². The number of nitrogens with zero attached hydrogens (tertiary/aromatic N) is 1. The Hall–Kier alpha value is -0.380. The maximum atomic E-state index is 5.67. The Kier molecular flexibility index (Phi) is 5.15. The van der Waals surface area contributed by atoms with Gasteiger partial charge in [-0.15, -0.1) is 6.58 Å². The minimum Gasteiger partial charge on any atom is -0.374 e. The zero-order chi connectivity index (χ0) is 10.4. The summed E-state index contributed by atoms with van der Waals surface area (Å²) in [5.41, 5.74) is 0. The van der Waals surface area contributed by atoms with E-state index in [0.717, 1.165) is 32.8 Å². The Bertz CT molecular complexity index is 165. The van der Waals surface area contributed by atoms with Crippen LogP contribution in [-0.2, 0) is 4.74 Å². The molecule has 3 nitrogen and oxygen atoms in total. The first kappa shape index (κ1) is 11.7. The van der Waals surface area contributed by atoms with E-state index in [1.54, 1.807) is 0 Å². The van der Waals surface area contributed by atoms with Crippen LogP contribution in [0.4, 0.5) is 0 Å². The van der Waals surface area contributed by atoms with Gasteiger partial charge in [-0.25, -0.2) is 0 Å². The van der Waals surface area contributed by atoms with Crippen molar-refractivity contribution in [3.05, 3.63) is 12.7 Å². The highest BCUT2D eigenvalue weighted by atomic mass is 16.5. The molecule has 0 saturated carbocycles. The molecular weight excluding hydrogens is 176 g/mol. The molecule has 0 bridgehead atoms. The summed E-state index contributed by atoms with van der Waals surface area (Å²) in [6.45, 7) is 12.9. The van der Waals surface area contributed by atoms with E-state index in [1.165, 1.54) is 0 Å². The first-order chi connectivity index (χ1) is 6.74. The minimum absolute atomic E-state index is 0.339. The highest BCUT2D eigenvalue weighted by Crippen LogP contribution is 2.04. The molecule has 1 rings (SSSR count). The van der Waals surface area contributed by atoms with Gasteiger partial charge in [0.1, 0.15) is 0 Å². The largest absolute Gasteiger partial charge is 0.374 e. The summed E-state index contributed by atoms with van der Waals surface area (Å²) in [5, 5.41) is 3.34. The molecule has 1 fully saturated rings. The van der Waals surface area contributed by atoms with Crippen LogP contribution in [0.5, 0.6) is 0 Å². The lowest BCUT2D eigenvalue weighted by Gasteiger charge is -2.32. The third kappa shape index (κ3) is 3.78. The summed E-state index contributed by atoms with van der Waals surface area (Å²) in [7, 11) is 0. The Labute approximate surface area is 87.1 Å². The lowest BCUT2D eigenvalue weighted by Crippen LogP contribution is -2.47. The molecule has 0 radical (unpaired) electrons. The van der Waals surface area contributed by atoms with E-state index in [0.29, 0.717) is 12.1 Å². The molecule has 82 valence electrons. The number of ether oxygens (including phenoxy) is 1. The van der Waals surface area contributed by atoms with Crippen molar-refractivity contribution >= 4 is 0 Å². The van der Waals surface area contributed by atoms with Gasteiger partial charge in [-0.3, -0.25) is 4.90 Å². The van der Waals surface area contributed by atoms with Crippen LogP contribution < -0.4 is 5.32 Å². The summed E-state index contributed by atoms with van der Waals surface area (Å²) in [6.07, 6.45) is 2.29. The van der Waals surface area contributed by atoms with Crippen LogP contribution in [0.2, 0.25) is 0 Å². The standard InChI is InChI=1S/C11H22N2O/c1-4-6-13(10(2)3)9-11-8-12-5-7-14-11/h4,10-12H,1,5-9H2,2-3H3. The minimum atomic E-state index is 0.339. The number of nitrogens with one attached hydrogen (secondary N) is 1. The molecule has 1 aliphatic rings. The van der Waals surface area contributed by atoms with Crippen LogP contribution in [0.25, 0.3) is 0 Å². The normalized spacial score (nSPS) is 23.0. The Balaban J connectivity index is 2.33. The number of hydrogen-bond acceptors (Lipinski definition) is 3. The van der Waals surface area contributed by atoms with Crippen molar-refractivity contribution in [2.75, 3.05) is 32.8 Å². The molecule has 0 amide bonds. The van der Waals surface area contributed by atoms with Crippen molar-refractivity contribution in [3.8, 4) is 0 Å². The predicted molar refractivity (Wildman–Crippen MR) is 59.5 cm³/mol. The van der Waals surface area contributed by atoms with Crippen LogP contribution in [0, 0.1) is 0 Å². The van der Waals surface area contributed by atoms with Crippen molar-refractivity contribution in [2.45, 2.75) is 26.0 Å². The van der Waals surface area contributed by atoms with E-state index in [9.17, 15) is 0 Å². The van der Waals surface area contributed by atoms with Gasteiger partial charge in [0.15, 0.2) is 0 Å². The quantitative estimate of drug-likeness (QED) is 0.663. The first-order valence-corrected chi connectivity index (χ1v) is 5.41. The maximum Gasteiger partial charge on any atom is 0.0826 e. The molecular formula is C11H22N2O. The molecule has 0 aromatic carbocycles. The zero-order valence-electron chi connectivity index (χ0n) is 9.33. The Morgan fingerprint density at radius 3 is 2.93 bits per heavy atom. The SMILES string of the molecule is C=CCN(CC1CNCCO1)C(C)C. The number of morpholine rings is 1. The smallest absolute Gasteiger partial charge is 0.0826 e. The fraction of sp³-hybridized carbons (Fsp3) is 0.818. The first-order valence-electron chi connectivity index (χ1n) is 5.41. The summed E-state index contributed by atoms with van der Waals surface area (Å²) in [5.74, 6) is 0. The third-order valence-corrected chi connectivity index (χ3v) is 2.54. The van der Waals surface area contributed by atoms with Gasteiger partial charge < -0.3 is 10.1 Å². The molecule has 1 saturated heterocycles. The number of rotatable bonds is 5. The zero-order valence-corrected chi connectivity index (χ0v) is 9.33. The molecule has 1 atom stereocenters. The Morgan fingerprint density at radius 2 is 2.43 bits per heavy atom. The second-order valence-electron chi connectivity index (χ2n) is 4.03. The van der Waals surface area contributed by atoms with Crippen molar-refractivity contribution in [1.82, 2.24) is 10.2 Å². The lowest BCUT2D eigenvalue weighted by atomic mass is 10.2. The van der Waals surface area contributed by atoms with Gasteiger partial charge in [0.05, 0.1) is 12.7 Å². The van der Waals surface area contributed by atoms with Crippen LogP contribution in [0.3, 0.4) is 0 Å². The molecule has 1 aliphatic heterocycles. The fourth-order valence-corrected chi connectivity index (χ4v) is 1.66. The highest BCUT2D eigenvalue weighted by Gasteiger charge is 2.18. The topological polar surface area (TPSA) is 24.5 Å². The number of hydrogen-bond donors (Lipinski definition) is 1. The van der Waals surface area contributed by atoms with Gasteiger partial charge in [-0.1, -0.05) is 6.08 Å². The van der Waals surface area contributed by atoms with Crippen molar-refractivity contribution in [2.24, 2.45) is 0 Å². The van der Waals surface area contributed by atoms with Crippen LogP contribution in [-0.4, -0.2) is 49.8 Å². The Morgan fingerprint density at radius 1 is 1.64 bits per heavy atom. The van der Waals surface area contributed by atoms with Crippen molar-refractivity contribution in [3.63, 3.8) is 0 Å². The average Bonchev–Trinajstić information content (AvgIpc) is 2.18. The maximum absolute atomic E-state index is 5.67. The van der Waals surface area contributed by atoms with Gasteiger partial charge in [0, 0.05) is 32.2 Å². The second-order valence-corrected chi connectivity index (χ2v) is 4.03. The van der Waals surface area contributed by atoms with E-state index in [4.69, 9.17) is 4.74 Å². The van der Waals surface area contributed by atoms with Gasteiger partial charge in [-0.05, 0) is 13.8 Å². The molecule has 1 unspecified atom stereocenters. The predicted octanol–water partition coefficient (Wildman–Crippen LogP) is 0.871. The summed E-state index contributed by atoms with van der Waals surface area (Å²) in [6, 6.07) is 0.554. The van der Waals surface area contributed by atoms with E-state index < -0.39 is 0 Å². The van der Waals surface area contributed by atoms with E-state index in [-0.39, 0.29) is 0 Å². The summed E-state index contributed by atoms with van der Waals surface area (Å²) < 4.78 is 5.67. The molecule has 0 aromatic heterocycles. The van der Waals surface area contributed by atoms with Crippen molar-refractivity contribution < 1.29 is 4.74 Å². The fourth-order valence-electron chi connectivity index (χ4n) is 1.66. The van der Waals surface area contributed by atoms with Crippen LogP contribution >= 0.6 is 0 Å². The molecule has 0 aromatic rings. The second kappa shape index (κ2) is 6.17. The lowest BCUT2D eigenvalue weighted by molar-refractivity contribution is 0.00221. The molecule has 1 heterocycles. The van der Waals surface area contributed by atoms with E-state index in [2.05, 4.69) is 30.6 Å². The highest BCUT2D eigenvalue weighted by molar-refractivity contribution is 4.79. The summed E-state index contributed by atoms with van der Waals surface area (Å²) >= 11 is 0. The molecule has 1 N–H and O–H groups in total. The van der Waals surface area contributed by atoms with E-state index in [1.807, 2.05) is 6.08 Å². The summed E-state index contributed by atoms with van der Waals surface area (Å²) in [4.78, 5) is 2.38. The van der Waals surface area contributed by atoms with Gasteiger partial charge in [0.25, 0.3) is 0 Å². The molecule has 3 heteroatoms. The van der Waals surface area contributed by atoms with Crippen LogP contribution in [0.1, 0.15) is 13.8 Å². The molecule has 14 heavy (non-hydrogen) atoms. The van der Waals surface area contributed by atoms with Gasteiger partial charge in [0.2, 0.25) is 0 Å². The van der Waals surface area contributed by atoms with Crippen LogP contribution in [0.15, 0.2) is 12.7 Å². The monoisotopic (exact) mass is 198 g/mol. The van der Waals surface area contributed by atoms with Gasteiger partial charge >= 0.3 is 0 Å². The van der Waals surface area contributed by atoms with E-state index >= 15 is 0 Å². The third-order valence-electron chi connectivity index (χ3n) is 2.54. The average molecular weight is 198 g/mol. The molecule has 0 spiro atoms.